The van der Waals surface area contributed by atoms with Crippen LogP contribution in [0.4, 0.5) is 0 Å². The minimum absolute atomic E-state index is 0.333. The molecule has 0 radical (unpaired) electrons. The first kappa shape index (κ1) is 8.26. The van der Waals surface area contributed by atoms with Crippen molar-refractivity contribution in [2.45, 2.75) is 0 Å². The summed E-state index contributed by atoms with van der Waals surface area (Å²) in [5.74, 6) is 5.51. The molecule has 1 aromatic rings. The summed E-state index contributed by atoms with van der Waals surface area (Å²) in [5, 5.41) is 8.44. The lowest BCUT2D eigenvalue weighted by atomic mass is 10.2. The maximum absolute atomic E-state index is 8.44. The van der Waals surface area contributed by atoms with E-state index in [0.717, 1.165) is 5.56 Å². The molecule has 0 saturated carbocycles. The number of hydrogen-bond donors (Lipinski definition) is 1. The average molecular weight is 157 g/mol. The lowest BCUT2D eigenvalue weighted by Gasteiger charge is -1.88. The van der Waals surface area contributed by atoms with Crippen molar-refractivity contribution in [3.63, 3.8) is 0 Å². The van der Waals surface area contributed by atoms with Crippen molar-refractivity contribution >= 4 is 0 Å². The molecule has 0 fully saturated rings. The van der Waals surface area contributed by atoms with Gasteiger partial charge in [0.05, 0.1) is 6.54 Å². The fourth-order valence-corrected chi connectivity index (χ4v) is 0.687. The molecule has 3 nitrogen and oxygen atoms in total. The zero-order chi connectivity index (χ0) is 8.81. The van der Waals surface area contributed by atoms with Crippen LogP contribution < -0.4 is 5.73 Å². The van der Waals surface area contributed by atoms with Crippen molar-refractivity contribution in [3.8, 4) is 17.9 Å². The quantitative estimate of drug-likeness (QED) is 0.549. The van der Waals surface area contributed by atoms with E-state index in [0.29, 0.717) is 12.2 Å². The highest BCUT2D eigenvalue weighted by molar-refractivity contribution is 5.34. The maximum atomic E-state index is 8.44. The fourth-order valence-electron chi connectivity index (χ4n) is 0.687. The number of aromatic nitrogens is 1. The summed E-state index contributed by atoms with van der Waals surface area (Å²) in [6.45, 7) is 0.333. The van der Waals surface area contributed by atoms with Crippen molar-refractivity contribution < 1.29 is 0 Å². The molecular formula is C9H7N3. The molecule has 0 aliphatic rings. The van der Waals surface area contributed by atoms with Crippen LogP contribution in [0.5, 0.6) is 0 Å². The molecule has 1 heterocycles. The molecule has 0 aliphatic heterocycles. The van der Waals surface area contributed by atoms with Gasteiger partial charge in [-0.05, 0) is 12.1 Å². The van der Waals surface area contributed by atoms with E-state index < -0.39 is 0 Å². The molecule has 1 rings (SSSR count). The van der Waals surface area contributed by atoms with E-state index in [4.69, 9.17) is 11.0 Å². The number of nitrogens with zero attached hydrogens (tertiary/aromatic N) is 2. The van der Waals surface area contributed by atoms with Gasteiger partial charge in [0.2, 0.25) is 0 Å². The van der Waals surface area contributed by atoms with Gasteiger partial charge >= 0.3 is 0 Å². The van der Waals surface area contributed by atoms with E-state index in [2.05, 4.69) is 16.8 Å². The first-order chi connectivity index (χ1) is 5.86. The van der Waals surface area contributed by atoms with E-state index in [9.17, 15) is 0 Å². The van der Waals surface area contributed by atoms with Crippen molar-refractivity contribution in [2.24, 2.45) is 5.73 Å². The Morgan fingerprint density at radius 2 is 2.33 bits per heavy atom. The van der Waals surface area contributed by atoms with E-state index in [-0.39, 0.29) is 0 Å². The smallest absolute Gasteiger partial charge is 0.140 e. The number of nitriles is 1. The summed E-state index contributed by atoms with van der Waals surface area (Å²) in [6.07, 6.45) is 1.56. The molecule has 0 atom stereocenters. The molecule has 0 spiro atoms. The third kappa shape index (κ3) is 2.09. The van der Waals surface area contributed by atoms with Gasteiger partial charge in [-0.25, -0.2) is 4.98 Å². The number of nitrogens with two attached hydrogens (primary N) is 1. The summed E-state index contributed by atoms with van der Waals surface area (Å²) in [6, 6.07) is 5.30. The molecule has 0 unspecified atom stereocenters. The van der Waals surface area contributed by atoms with Gasteiger partial charge in [0, 0.05) is 11.8 Å². The highest BCUT2D eigenvalue weighted by atomic mass is 14.7. The third-order valence-electron chi connectivity index (χ3n) is 1.21. The predicted molar refractivity (Wildman–Crippen MR) is 44.9 cm³/mol. The Kier molecular flexibility index (Phi) is 2.84. The Balaban J connectivity index is 2.87. The second-order valence-corrected chi connectivity index (χ2v) is 2.05. The van der Waals surface area contributed by atoms with E-state index in [1.165, 1.54) is 0 Å². The molecule has 3 heteroatoms. The van der Waals surface area contributed by atoms with Crippen LogP contribution in [-0.2, 0) is 0 Å². The van der Waals surface area contributed by atoms with Gasteiger partial charge in [0.25, 0.3) is 0 Å². The Morgan fingerprint density at radius 3 is 2.83 bits per heavy atom. The van der Waals surface area contributed by atoms with Gasteiger partial charge in [-0.3, -0.25) is 0 Å². The zero-order valence-electron chi connectivity index (χ0n) is 6.41. The lowest BCUT2D eigenvalue weighted by Crippen LogP contribution is -1.93. The highest BCUT2D eigenvalue weighted by Gasteiger charge is 1.89. The molecule has 0 saturated heterocycles. The summed E-state index contributed by atoms with van der Waals surface area (Å²) in [4.78, 5) is 3.85. The Labute approximate surface area is 70.8 Å². The SMILES string of the molecule is N#Cc1ccc(C#CCN)cn1. The second-order valence-electron chi connectivity index (χ2n) is 2.05. The molecule has 0 aliphatic carbocycles. The minimum atomic E-state index is 0.333. The van der Waals surface area contributed by atoms with Crippen molar-refractivity contribution in [1.29, 1.82) is 5.26 Å². The highest BCUT2D eigenvalue weighted by Crippen LogP contribution is 1.96. The lowest BCUT2D eigenvalue weighted by molar-refractivity contribution is 1.25. The first-order valence-corrected chi connectivity index (χ1v) is 3.42. The van der Waals surface area contributed by atoms with Gasteiger partial charge in [-0.2, -0.15) is 5.26 Å². The monoisotopic (exact) mass is 157 g/mol. The van der Waals surface area contributed by atoms with Crippen molar-refractivity contribution in [3.05, 3.63) is 29.6 Å². The van der Waals surface area contributed by atoms with E-state index >= 15 is 0 Å². The average Bonchev–Trinajstić information content (AvgIpc) is 2.15. The first-order valence-electron chi connectivity index (χ1n) is 3.42. The third-order valence-corrected chi connectivity index (χ3v) is 1.21. The van der Waals surface area contributed by atoms with Crippen LogP contribution in [0.1, 0.15) is 11.3 Å². The van der Waals surface area contributed by atoms with Crippen LogP contribution in [0.2, 0.25) is 0 Å². The van der Waals surface area contributed by atoms with Gasteiger partial charge in [-0.15, -0.1) is 0 Å². The number of rotatable bonds is 0. The number of hydrogen-bond acceptors (Lipinski definition) is 3. The van der Waals surface area contributed by atoms with Crippen molar-refractivity contribution in [2.75, 3.05) is 6.54 Å². The Bertz CT molecular complexity index is 348. The summed E-state index contributed by atoms with van der Waals surface area (Å²) in [7, 11) is 0. The second kappa shape index (κ2) is 4.12. The maximum Gasteiger partial charge on any atom is 0.140 e. The summed E-state index contributed by atoms with van der Waals surface area (Å²) >= 11 is 0. The number of pyridine rings is 1. The van der Waals surface area contributed by atoms with Crippen LogP contribution in [0.3, 0.4) is 0 Å². The largest absolute Gasteiger partial charge is 0.320 e. The molecule has 1 aromatic heterocycles. The fraction of sp³-hybridized carbons (Fsp3) is 0.111. The summed E-state index contributed by atoms with van der Waals surface area (Å²) < 4.78 is 0. The molecule has 0 bridgehead atoms. The predicted octanol–water partition coefficient (Wildman–Crippen LogP) is 0.263. The van der Waals surface area contributed by atoms with Crippen molar-refractivity contribution in [1.82, 2.24) is 4.98 Å². The van der Waals surface area contributed by atoms with Crippen LogP contribution in [0, 0.1) is 23.2 Å². The van der Waals surface area contributed by atoms with Gasteiger partial charge in [-0.1, -0.05) is 11.8 Å². The molecule has 2 N–H and O–H groups in total. The van der Waals surface area contributed by atoms with Gasteiger partial charge in [0.15, 0.2) is 0 Å². The van der Waals surface area contributed by atoms with E-state index in [1.807, 2.05) is 6.07 Å². The van der Waals surface area contributed by atoms with Gasteiger partial charge < -0.3 is 5.73 Å². The molecular weight excluding hydrogens is 150 g/mol. The molecule has 12 heavy (non-hydrogen) atoms. The van der Waals surface area contributed by atoms with Crippen LogP contribution in [-0.4, -0.2) is 11.5 Å². The van der Waals surface area contributed by atoms with Crippen LogP contribution >= 0.6 is 0 Å². The normalized spacial score (nSPS) is 8.00. The van der Waals surface area contributed by atoms with E-state index in [1.54, 1.807) is 18.3 Å². The summed E-state index contributed by atoms with van der Waals surface area (Å²) in [5.41, 5.74) is 6.36. The molecule has 0 amide bonds. The Hall–Kier alpha value is -1.84. The molecule has 58 valence electrons. The zero-order valence-corrected chi connectivity index (χ0v) is 6.41. The van der Waals surface area contributed by atoms with Crippen LogP contribution in [0.15, 0.2) is 18.3 Å². The van der Waals surface area contributed by atoms with Crippen LogP contribution in [0.25, 0.3) is 0 Å². The standard InChI is InChI=1S/C9H7N3/c10-5-1-2-8-3-4-9(6-11)12-7-8/h3-4,7H,5,10H2. The minimum Gasteiger partial charge on any atom is -0.320 e. The topological polar surface area (TPSA) is 62.7 Å². The Morgan fingerprint density at radius 1 is 1.50 bits per heavy atom. The molecule has 0 aromatic carbocycles. The van der Waals surface area contributed by atoms with Gasteiger partial charge in [0.1, 0.15) is 11.8 Å².